The van der Waals surface area contributed by atoms with Gasteiger partial charge >= 0.3 is 0 Å². The van der Waals surface area contributed by atoms with E-state index in [4.69, 9.17) is 9.47 Å². The lowest BCUT2D eigenvalue weighted by Gasteiger charge is -2.43. The first-order valence-corrected chi connectivity index (χ1v) is 11.4. The number of rotatable bonds is 5. The Morgan fingerprint density at radius 1 is 1.25 bits per heavy atom. The largest absolute Gasteiger partial charge is 0.389 e. The van der Waals surface area contributed by atoms with Crippen LogP contribution in [0.1, 0.15) is 24.8 Å². The lowest BCUT2D eigenvalue weighted by molar-refractivity contribution is -0.146. The van der Waals surface area contributed by atoms with Crippen molar-refractivity contribution in [1.29, 1.82) is 0 Å². The van der Waals surface area contributed by atoms with Gasteiger partial charge in [0.15, 0.2) is 0 Å². The maximum absolute atomic E-state index is 12.3. The molecular weight excluding hydrogens is 384 g/mol. The third-order valence-electron chi connectivity index (χ3n) is 5.11. The predicted octanol–water partition coefficient (Wildman–Crippen LogP) is 0.262. The van der Waals surface area contributed by atoms with E-state index in [0.29, 0.717) is 19.4 Å². The van der Waals surface area contributed by atoms with E-state index < -0.39 is 28.3 Å². The maximum atomic E-state index is 12.3. The van der Waals surface area contributed by atoms with Crippen LogP contribution in [-0.4, -0.2) is 74.1 Å². The van der Waals surface area contributed by atoms with Gasteiger partial charge in [-0.1, -0.05) is 30.3 Å². The minimum absolute atomic E-state index is 0.00834. The number of hydrogen-bond acceptors (Lipinski definition) is 6. The maximum Gasteiger partial charge on any atom is 0.222 e. The monoisotopic (exact) mass is 412 g/mol. The Morgan fingerprint density at radius 3 is 2.71 bits per heavy atom. The van der Waals surface area contributed by atoms with Gasteiger partial charge in [0.05, 0.1) is 50.2 Å². The molecule has 0 saturated carbocycles. The molecule has 9 heteroatoms. The summed E-state index contributed by atoms with van der Waals surface area (Å²) in [5, 5.41) is 12.8. The summed E-state index contributed by atoms with van der Waals surface area (Å²) < 4.78 is 37.2. The zero-order valence-corrected chi connectivity index (χ0v) is 16.8. The molecule has 156 valence electrons. The summed E-state index contributed by atoms with van der Waals surface area (Å²) in [5.41, 5.74) is 1.02. The van der Waals surface area contributed by atoms with E-state index in [1.54, 1.807) is 0 Å². The third kappa shape index (κ3) is 5.74. The second-order valence-electron chi connectivity index (χ2n) is 7.43. The Labute approximate surface area is 165 Å². The topological polar surface area (TPSA) is 105 Å². The summed E-state index contributed by atoms with van der Waals surface area (Å²) in [6.07, 6.45) is 0.887. The van der Waals surface area contributed by atoms with Gasteiger partial charge in [-0.05, 0) is 18.4 Å². The number of β-amino-alcohol motifs (C(OH)–C–C–N with tert-alkyl or cyclic N) is 1. The van der Waals surface area contributed by atoms with Gasteiger partial charge < -0.3 is 19.9 Å². The molecule has 1 amide bonds. The lowest BCUT2D eigenvalue weighted by Crippen LogP contribution is -2.57. The average Bonchev–Trinajstić information content (AvgIpc) is 2.63. The van der Waals surface area contributed by atoms with Gasteiger partial charge in [-0.25, -0.2) is 8.42 Å². The first-order chi connectivity index (χ1) is 13.3. The van der Waals surface area contributed by atoms with Crippen molar-refractivity contribution in [3.05, 3.63) is 35.9 Å². The van der Waals surface area contributed by atoms with Crippen LogP contribution < -0.4 is 5.32 Å². The van der Waals surface area contributed by atoms with E-state index >= 15 is 0 Å². The van der Waals surface area contributed by atoms with E-state index in [1.165, 1.54) is 4.31 Å². The Hall–Kier alpha value is -1.52. The van der Waals surface area contributed by atoms with Gasteiger partial charge in [-0.3, -0.25) is 4.79 Å². The fourth-order valence-corrected chi connectivity index (χ4v) is 4.93. The number of aliphatic hydroxyl groups is 1. The van der Waals surface area contributed by atoms with Crippen LogP contribution in [-0.2, 0) is 30.8 Å². The number of nitrogens with one attached hydrogen (secondary N) is 1. The second-order valence-corrected chi connectivity index (χ2v) is 9.37. The van der Waals surface area contributed by atoms with Crippen molar-refractivity contribution in [1.82, 2.24) is 9.62 Å². The van der Waals surface area contributed by atoms with Crippen molar-refractivity contribution >= 4 is 15.9 Å². The van der Waals surface area contributed by atoms with E-state index in [1.807, 2.05) is 30.3 Å². The van der Waals surface area contributed by atoms with Crippen LogP contribution in [0.4, 0.5) is 0 Å². The van der Waals surface area contributed by atoms with Crippen LogP contribution in [0.25, 0.3) is 0 Å². The number of ether oxygens (including phenoxy) is 2. The fourth-order valence-electron chi connectivity index (χ4n) is 3.75. The molecule has 0 aromatic heterocycles. The summed E-state index contributed by atoms with van der Waals surface area (Å²) >= 11 is 0. The molecule has 3 rings (SSSR count). The number of hydrogen-bond donors (Lipinski definition) is 2. The average molecular weight is 413 g/mol. The van der Waals surface area contributed by atoms with Crippen LogP contribution in [0.3, 0.4) is 0 Å². The van der Waals surface area contributed by atoms with E-state index in [-0.39, 0.29) is 38.2 Å². The zero-order valence-electron chi connectivity index (χ0n) is 16.0. The number of aliphatic hydroxyl groups excluding tert-OH is 1. The summed E-state index contributed by atoms with van der Waals surface area (Å²) in [6, 6.07) is 9.27. The minimum Gasteiger partial charge on any atom is -0.389 e. The highest BCUT2D eigenvalue weighted by Gasteiger charge is 2.41. The highest BCUT2D eigenvalue weighted by molar-refractivity contribution is 7.88. The van der Waals surface area contributed by atoms with Crippen LogP contribution in [0.5, 0.6) is 0 Å². The minimum atomic E-state index is -3.49. The number of benzene rings is 1. The molecule has 2 saturated heterocycles. The molecule has 2 aliphatic rings. The molecule has 2 aliphatic heterocycles. The molecule has 0 spiro atoms. The zero-order chi connectivity index (χ0) is 20.1. The quantitative estimate of drug-likeness (QED) is 0.719. The number of nitrogens with zero attached hydrogens (tertiary/aromatic N) is 1. The molecule has 0 radical (unpaired) electrons. The second kappa shape index (κ2) is 9.32. The number of amides is 1. The first kappa shape index (κ1) is 21.2. The van der Waals surface area contributed by atoms with Crippen molar-refractivity contribution in [2.75, 3.05) is 26.0 Å². The van der Waals surface area contributed by atoms with Crippen LogP contribution >= 0.6 is 0 Å². The molecule has 8 nitrogen and oxygen atoms in total. The number of sulfonamides is 1. The predicted molar refractivity (Wildman–Crippen MR) is 103 cm³/mol. The van der Waals surface area contributed by atoms with Gasteiger partial charge in [0.1, 0.15) is 0 Å². The first-order valence-electron chi connectivity index (χ1n) is 9.51. The van der Waals surface area contributed by atoms with Gasteiger partial charge in [-0.15, -0.1) is 0 Å². The number of carbonyl (C=O) groups is 1. The van der Waals surface area contributed by atoms with Crippen molar-refractivity contribution in [2.45, 2.75) is 50.2 Å². The normalized spacial score (nSPS) is 29.4. The Balaban J connectivity index is 1.57. The van der Waals surface area contributed by atoms with E-state index in [9.17, 15) is 18.3 Å². The van der Waals surface area contributed by atoms with Crippen molar-refractivity contribution in [3.8, 4) is 0 Å². The molecular formula is C19H28N2O6S. The van der Waals surface area contributed by atoms with E-state index in [2.05, 4.69) is 5.32 Å². The Morgan fingerprint density at radius 2 is 2.00 bits per heavy atom. The van der Waals surface area contributed by atoms with Gasteiger partial charge in [0, 0.05) is 13.1 Å². The molecule has 2 heterocycles. The number of fused-ring (bicyclic) bond motifs is 1. The molecule has 0 aliphatic carbocycles. The summed E-state index contributed by atoms with van der Waals surface area (Å²) in [4.78, 5) is 12.3. The highest BCUT2D eigenvalue weighted by Crippen LogP contribution is 2.29. The molecule has 1 aromatic rings. The van der Waals surface area contributed by atoms with Crippen molar-refractivity contribution in [3.63, 3.8) is 0 Å². The molecule has 0 unspecified atom stereocenters. The van der Waals surface area contributed by atoms with Crippen LogP contribution in [0, 0.1) is 0 Å². The number of carbonyl (C=O) groups excluding carboxylic acids is 1. The van der Waals surface area contributed by atoms with Crippen LogP contribution in [0.15, 0.2) is 30.3 Å². The summed E-state index contributed by atoms with van der Waals surface area (Å²) in [7, 11) is -3.49. The van der Waals surface area contributed by atoms with Gasteiger partial charge in [-0.2, -0.15) is 4.31 Å². The summed E-state index contributed by atoms with van der Waals surface area (Å²) in [6.45, 7) is 0.698. The van der Waals surface area contributed by atoms with Crippen LogP contribution in [0.2, 0.25) is 0 Å². The SMILES string of the molecule is CS(=O)(=O)N1C[C@@H](O)COC[C@H]2O[C@H](CC(=O)NCc3ccccc3)CC[C@@H]21. The van der Waals surface area contributed by atoms with Crippen molar-refractivity contribution in [2.24, 2.45) is 0 Å². The Kier molecular flexibility index (Phi) is 7.05. The smallest absolute Gasteiger partial charge is 0.222 e. The Bertz CT molecular complexity index is 757. The standard InChI is InChI=1S/C19H28N2O6S/c1-28(24,25)21-11-15(22)12-26-13-18-17(21)8-7-16(27-18)9-19(23)20-10-14-5-3-2-4-6-14/h2-6,15-18,22H,7-13H2,1H3,(H,20,23)/t15-,16+,17+,18-/m1/s1. The van der Waals surface area contributed by atoms with Gasteiger partial charge in [0.25, 0.3) is 0 Å². The van der Waals surface area contributed by atoms with Gasteiger partial charge in [0.2, 0.25) is 15.9 Å². The molecule has 1 aromatic carbocycles. The lowest BCUT2D eigenvalue weighted by atomic mass is 9.96. The molecule has 2 fully saturated rings. The molecule has 4 atom stereocenters. The summed E-state index contributed by atoms with van der Waals surface area (Å²) in [5.74, 6) is -0.102. The molecule has 2 N–H and O–H groups in total. The highest BCUT2D eigenvalue weighted by atomic mass is 32.2. The molecule has 0 bridgehead atoms. The fraction of sp³-hybridized carbons (Fsp3) is 0.632. The molecule has 28 heavy (non-hydrogen) atoms. The van der Waals surface area contributed by atoms with E-state index in [0.717, 1.165) is 11.8 Å². The third-order valence-corrected chi connectivity index (χ3v) is 6.38. The van der Waals surface area contributed by atoms with Crippen molar-refractivity contribution < 1.29 is 27.8 Å².